The van der Waals surface area contributed by atoms with Crippen molar-refractivity contribution in [1.82, 2.24) is 19.9 Å². The van der Waals surface area contributed by atoms with E-state index in [2.05, 4.69) is 15.2 Å². The number of carbonyl (C=O) groups is 1. The molecular formula is C21H18N4O3. The van der Waals surface area contributed by atoms with Crippen LogP contribution < -0.4 is 0 Å². The van der Waals surface area contributed by atoms with Crippen LogP contribution in [0.5, 0.6) is 0 Å². The van der Waals surface area contributed by atoms with Crippen molar-refractivity contribution < 1.29 is 14.1 Å². The summed E-state index contributed by atoms with van der Waals surface area (Å²) in [6, 6.07) is 19.1. The van der Waals surface area contributed by atoms with Crippen molar-refractivity contribution >= 4 is 5.97 Å². The lowest BCUT2D eigenvalue weighted by atomic mass is 10.2. The Bertz CT molecular complexity index is 1020. The van der Waals surface area contributed by atoms with Gasteiger partial charge in [0.25, 0.3) is 5.82 Å². The Balaban J connectivity index is 1.66. The van der Waals surface area contributed by atoms with Gasteiger partial charge in [-0.05, 0) is 26.0 Å². The molecule has 0 fully saturated rings. The minimum Gasteiger partial charge on any atom is -0.455 e. The molecule has 0 unspecified atom stereocenters. The van der Waals surface area contributed by atoms with Crippen LogP contribution in [0.2, 0.25) is 0 Å². The zero-order chi connectivity index (χ0) is 19.5. The Morgan fingerprint density at radius 3 is 2.36 bits per heavy atom. The lowest BCUT2D eigenvalue weighted by Gasteiger charge is -2.05. The van der Waals surface area contributed by atoms with E-state index in [1.807, 2.05) is 60.7 Å². The third-order valence-electron chi connectivity index (χ3n) is 4.35. The highest BCUT2D eigenvalue weighted by Crippen LogP contribution is 2.21. The number of hydrogen-bond donors (Lipinski definition) is 0. The zero-order valence-corrected chi connectivity index (χ0v) is 15.5. The lowest BCUT2D eigenvalue weighted by Crippen LogP contribution is -2.09. The number of para-hydroxylation sites is 1. The van der Waals surface area contributed by atoms with Crippen molar-refractivity contribution in [3.8, 4) is 17.1 Å². The van der Waals surface area contributed by atoms with Crippen LogP contribution in [0.4, 0.5) is 0 Å². The molecule has 0 atom stereocenters. The molecule has 0 saturated carbocycles. The summed E-state index contributed by atoms with van der Waals surface area (Å²) in [6.07, 6.45) is 0. The third kappa shape index (κ3) is 3.42. The highest BCUT2D eigenvalue weighted by atomic mass is 16.5. The van der Waals surface area contributed by atoms with Crippen LogP contribution in [0.25, 0.3) is 17.1 Å². The first-order chi connectivity index (χ1) is 13.6. The van der Waals surface area contributed by atoms with Gasteiger partial charge in [0.05, 0.1) is 16.9 Å². The number of hydrogen-bond acceptors (Lipinski definition) is 6. The van der Waals surface area contributed by atoms with Crippen molar-refractivity contribution in [2.75, 3.05) is 0 Å². The monoisotopic (exact) mass is 374 g/mol. The highest BCUT2D eigenvalue weighted by Gasteiger charge is 2.21. The normalized spacial score (nSPS) is 10.8. The van der Waals surface area contributed by atoms with E-state index in [9.17, 15) is 4.79 Å². The topological polar surface area (TPSA) is 83.0 Å². The summed E-state index contributed by atoms with van der Waals surface area (Å²) in [5, 5.41) is 8.26. The van der Waals surface area contributed by atoms with Gasteiger partial charge in [0.1, 0.15) is 12.4 Å². The molecule has 0 radical (unpaired) electrons. The summed E-state index contributed by atoms with van der Waals surface area (Å²) in [5.74, 6) is 0.579. The summed E-state index contributed by atoms with van der Waals surface area (Å²) >= 11 is 0. The van der Waals surface area contributed by atoms with Crippen LogP contribution in [-0.4, -0.2) is 25.9 Å². The molecule has 0 amide bonds. The molecule has 0 aliphatic heterocycles. The van der Waals surface area contributed by atoms with Gasteiger partial charge in [0.15, 0.2) is 5.82 Å². The fourth-order valence-electron chi connectivity index (χ4n) is 2.83. The van der Waals surface area contributed by atoms with E-state index in [4.69, 9.17) is 9.26 Å². The van der Waals surface area contributed by atoms with E-state index in [0.717, 1.165) is 16.8 Å². The molecule has 0 spiro atoms. The molecule has 140 valence electrons. The Morgan fingerprint density at radius 2 is 1.71 bits per heavy atom. The second-order valence-corrected chi connectivity index (χ2v) is 6.25. The van der Waals surface area contributed by atoms with Gasteiger partial charge in [-0.1, -0.05) is 53.7 Å². The predicted octanol–water partition coefficient (Wildman–Crippen LogP) is 3.90. The van der Waals surface area contributed by atoms with Crippen molar-refractivity contribution in [2.45, 2.75) is 20.5 Å². The molecule has 0 aliphatic carbocycles. The molecule has 0 N–H and O–H groups in total. The van der Waals surface area contributed by atoms with Gasteiger partial charge in [-0.2, -0.15) is 0 Å². The van der Waals surface area contributed by atoms with Crippen LogP contribution in [0.1, 0.15) is 27.6 Å². The molecule has 4 rings (SSSR count). The maximum absolute atomic E-state index is 12.6. The summed E-state index contributed by atoms with van der Waals surface area (Å²) in [7, 11) is 0. The maximum Gasteiger partial charge on any atom is 0.378 e. The number of esters is 1. The number of aromatic nitrogens is 4. The van der Waals surface area contributed by atoms with E-state index in [0.29, 0.717) is 17.3 Å². The SMILES string of the molecule is Cc1noc(C)c1COC(=O)c1nc(-c2ccccc2)n(-c2ccccc2)n1. The van der Waals surface area contributed by atoms with Gasteiger partial charge in [-0.25, -0.2) is 14.5 Å². The van der Waals surface area contributed by atoms with E-state index >= 15 is 0 Å². The molecule has 7 nitrogen and oxygen atoms in total. The fraction of sp³-hybridized carbons (Fsp3) is 0.143. The first kappa shape index (κ1) is 17.7. The lowest BCUT2D eigenvalue weighted by molar-refractivity contribution is 0.0456. The number of nitrogens with zero attached hydrogens (tertiary/aromatic N) is 4. The first-order valence-corrected chi connectivity index (χ1v) is 8.80. The molecule has 28 heavy (non-hydrogen) atoms. The van der Waals surface area contributed by atoms with Crippen molar-refractivity contribution in [2.24, 2.45) is 0 Å². The van der Waals surface area contributed by atoms with Gasteiger partial charge in [-0.3, -0.25) is 0 Å². The summed E-state index contributed by atoms with van der Waals surface area (Å²) in [5.41, 5.74) is 3.10. The zero-order valence-electron chi connectivity index (χ0n) is 15.5. The van der Waals surface area contributed by atoms with E-state index in [1.54, 1.807) is 18.5 Å². The minimum atomic E-state index is -0.605. The third-order valence-corrected chi connectivity index (χ3v) is 4.35. The summed E-state index contributed by atoms with van der Waals surface area (Å²) in [6.45, 7) is 3.63. The molecule has 0 bridgehead atoms. The van der Waals surface area contributed by atoms with E-state index in [-0.39, 0.29) is 12.4 Å². The molecule has 2 aromatic carbocycles. The second-order valence-electron chi connectivity index (χ2n) is 6.25. The minimum absolute atomic E-state index is 0.00512. The molecule has 4 aromatic rings. The largest absolute Gasteiger partial charge is 0.455 e. The van der Waals surface area contributed by atoms with Gasteiger partial charge in [-0.15, -0.1) is 5.10 Å². The maximum atomic E-state index is 12.6. The quantitative estimate of drug-likeness (QED) is 0.493. The van der Waals surface area contributed by atoms with E-state index < -0.39 is 5.97 Å². The second kappa shape index (κ2) is 7.48. The Labute approximate surface area is 161 Å². The molecule has 2 aromatic heterocycles. The van der Waals surface area contributed by atoms with Crippen LogP contribution in [0, 0.1) is 13.8 Å². The van der Waals surface area contributed by atoms with Gasteiger partial charge in [0, 0.05) is 5.56 Å². The molecule has 0 saturated heterocycles. The first-order valence-electron chi connectivity index (χ1n) is 8.80. The number of aryl methyl sites for hydroxylation is 2. The Hall–Kier alpha value is -3.74. The molecule has 7 heteroatoms. The smallest absolute Gasteiger partial charge is 0.378 e. The van der Waals surface area contributed by atoms with Gasteiger partial charge in [0.2, 0.25) is 0 Å². The van der Waals surface area contributed by atoms with Crippen molar-refractivity contribution in [3.63, 3.8) is 0 Å². The molecule has 0 aliphatic rings. The van der Waals surface area contributed by atoms with Crippen LogP contribution in [-0.2, 0) is 11.3 Å². The number of carbonyl (C=O) groups excluding carboxylic acids is 1. The molecular weight excluding hydrogens is 356 g/mol. The van der Waals surface area contributed by atoms with Crippen LogP contribution >= 0.6 is 0 Å². The molecule has 2 heterocycles. The standard InChI is InChI=1S/C21H18N4O3/c1-14-18(15(2)28-24-14)13-27-21(26)19-22-20(16-9-5-3-6-10-16)25(23-19)17-11-7-4-8-12-17/h3-12H,13H2,1-2H3. The van der Waals surface area contributed by atoms with Crippen LogP contribution in [0.15, 0.2) is 65.2 Å². The summed E-state index contributed by atoms with van der Waals surface area (Å²) in [4.78, 5) is 17.0. The Kier molecular flexibility index (Phi) is 4.72. The fourth-order valence-corrected chi connectivity index (χ4v) is 2.83. The highest BCUT2D eigenvalue weighted by molar-refractivity contribution is 5.86. The van der Waals surface area contributed by atoms with Crippen LogP contribution in [0.3, 0.4) is 0 Å². The average molecular weight is 374 g/mol. The Morgan fingerprint density at radius 1 is 1.04 bits per heavy atom. The van der Waals surface area contributed by atoms with Gasteiger partial charge < -0.3 is 9.26 Å². The summed E-state index contributed by atoms with van der Waals surface area (Å²) < 4.78 is 12.1. The number of rotatable bonds is 5. The predicted molar refractivity (Wildman–Crippen MR) is 102 cm³/mol. The number of benzene rings is 2. The van der Waals surface area contributed by atoms with Crippen molar-refractivity contribution in [3.05, 3.63) is 83.5 Å². The average Bonchev–Trinajstić information content (AvgIpc) is 3.32. The van der Waals surface area contributed by atoms with E-state index in [1.165, 1.54) is 0 Å². The van der Waals surface area contributed by atoms with Gasteiger partial charge >= 0.3 is 5.97 Å². The number of ether oxygens (including phenoxy) is 1. The van der Waals surface area contributed by atoms with Crippen molar-refractivity contribution in [1.29, 1.82) is 0 Å².